The maximum Gasteiger partial charge on any atom is 0.236 e. The predicted molar refractivity (Wildman–Crippen MR) is 123 cm³/mol. The van der Waals surface area contributed by atoms with Crippen LogP contribution in [0.5, 0.6) is 5.75 Å². The predicted octanol–water partition coefficient (Wildman–Crippen LogP) is 4.60. The first-order valence-corrected chi connectivity index (χ1v) is 12.3. The Kier molecular flexibility index (Phi) is 7.18. The molecule has 4 rings (SSSR count). The first-order chi connectivity index (χ1) is 15.2. The van der Waals surface area contributed by atoms with Gasteiger partial charge in [-0.2, -0.15) is 0 Å². The summed E-state index contributed by atoms with van der Waals surface area (Å²) >= 11 is 2.85. The molecule has 1 N–H and O–H groups in total. The Morgan fingerprint density at radius 2 is 2.00 bits per heavy atom. The summed E-state index contributed by atoms with van der Waals surface area (Å²) in [6.45, 7) is 2.71. The molecule has 8 nitrogen and oxygen atoms in total. The molecule has 0 radical (unpaired) electrons. The number of ether oxygens (including phenoxy) is 1. The van der Waals surface area contributed by atoms with E-state index in [9.17, 15) is 4.79 Å². The second-order valence-corrected chi connectivity index (χ2v) is 9.32. The number of nitrogens with one attached hydrogen (secondary N) is 1. The van der Waals surface area contributed by atoms with Gasteiger partial charge in [0.2, 0.25) is 11.0 Å². The first kappa shape index (κ1) is 21.8. The number of hydrogen-bond acceptors (Lipinski definition) is 8. The van der Waals surface area contributed by atoms with Crippen LogP contribution in [-0.2, 0) is 11.3 Å². The highest BCUT2D eigenvalue weighted by molar-refractivity contribution is 7.99. The fraction of sp³-hybridized carbons (Fsp3) is 0.476. The molecule has 0 unspecified atom stereocenters. The van der Waals surface area contributed by atoms with Crippen LogP contribution in [0.4, 0.5) is 5.13 Å². The number of carbonyl (C=O) groups excluding carboxylic acids is 1. The van der Waals surface area contributed by atoms with Crippen molar-refractivity contribution in [2.45, 2.75) is 56.6 Å². The molecule has 1 aliphatic carbocycles. The van der Waals surface area contributed by atoms with E-state index >= 15 is 0 Å². The number of carbonyl (C=O) groups is 1. The molecule has 2 aromatic heterocycles. The smallest absolute Gasteiger partial charge is 0.236 e. The molecule has 1 saturated carbocycles. The Morgan fingerprint density at radius 1 is 1.19 bits per heavy atom. The number of rotatable bonds is 8. The molecule has 0 aliphatic heterocycles. The van der Waals surface area contributed by atoms with Gasteiger partial charge in [-0.1, -0.05) is 54.5 Å². The first-order valence-electron chi connectivity index (χ1n) is 10.5. The summed E-state index contributed by atoms with van der Waals surface area (Å²) in [5.41, 5.74) is 0.875. The lowest BCUT2D eigenvalue weighted by molar-refractivity contribution is -0.113. The lowest BCUT2D eigenvalue weighted by atomic mass is 9.90. The molecular formula is C21H26N6O2S2. The van der Waals surface area contributed by atoms with E-state index in [4.69, 9.17) is 4.74 Å². The van der Waals surface area contributed by atoms with Gasteiger partial charge >= 0.3 is 0 Å². The number of benzene rings is 1. The second-order valence-electron chi connectivity index (χ2n) is 7.37. The van der Waals surface area contributed by atoms with E-state index in [1.807, 2.05) is 35.8 Å². The van der Waals surface area contributed by atoms with Gasteiger partial charge in [-0.15, -0.1) is 20.4 Å². The summed E-state index contributed by atoms with van der Waals surface area (Å²) in [7, 11) is 1.64. The van der Waals surface area contributed by atoms with Gasteiger partial charge in [0.05, 0.1) is 18.4 Å². The fourth-order valence-corrected chi connectivity index (χ4v) is 5.53. The van der Waals surface area contributed by atoms with Crippen LogP contribution in [0.25, 0.3) is 11.4 Å². The van der Waals surface area contributed by atoms with Crippen LogP contribution in [0.1, 0.15) is 50.0 Å². The zero-order valence-electron chi connectivity index (χ0n) is 17.7. The molecule has 1 amide bonds. The zero-order valence-corrected chi connectivity index (χ0v) is 19.3. The number of hydrogen-bond donors (Lipinski definition) is 1. The molecule has 1 fully saturated rings. The molecule has 0 bridgehead atoms. The van der Waals surface area contributed by atoms with E-state index in [1.165, 1.54) is 55.2 Å². The lowest BCUT2D eigenvalue weighted by Crippen LogP contribution is -2.14. The summed E-state index contributed by atoms with van der Waals surface area (Å²) in [4.78, 5) is 12.5. The van der Waals surface area contributed by atoms with Crippen LogP contribution in [0.15, 0.2) is 29.4 Å². The summed E-state index contributed by atoms with van der Waals surface area (Å²) in [6, 6.07) is 7.71. The van der Waals surface area contributed by atoms with Crippen molar-refractivity contribution in [3.05, 3.63) is 29.3 Å². The fourth-order valence-electron chi connectivity index (χ4n) is 3.79. The van der Waals surface area contributed by atoms with E-state index in [1.54, 1.807) is 7.11 Å². The second kappa shape index (κ2) is 10.2. The maximum atomic E-state index is 12.5. The SMILES string of the molecule is CCn1c(SCC(=O)Nc2nnc(C3CCCCC3)s2)nnc1-c1ccccc1OC. The van der Waals surface area contributed by atoms with Crippen molar-refractivity contribution in [2.75, 3.05) is 18.2 Å². The van der Waals surface area contributed by atoms with Gasteiger partial charge < -0.3 is 9.30 Å². The Balaban J connectivity index is 1.39. The Hall–Kier alpha value is -2.46. The van der Waals surface area contributed by atoms with Crippen molar-refractivity contribution in [3.8, 4) is 17.1 Å². The van der Waals surface area contributed by atoms with Gasteiger partial charge in [-0.05, 0) is 31.9 Å². The van der Waals surface area contributed by atoms with Crippen molar-refractivity contribution in [1.29, 1.82) is 0 Å². The van der Waals surface area contributed by atoms with E-state index in [0.717, 1.165) is 22.1 Å². The third kappa shape index (κ3) is 5.07. The molecule has 0 atom stereocenters. The third-order valence-corrected chi connectivity index (χ3v) is 7.32. The molecular weight excluding hydrogens is 432 g/mol. The topological polar surface area (TPSA) is 94.8 Å². The average molecular weight is 459 g/mol. The van der Waals surface area contributed by atoms with Gasteiger partial charge in [-0.25, -0.2) is 0 Å². The molecule has 1 aromatic carbocycles. The van der Waals surface area contributed by atoms with E-state index in [-0.39, 0.29) is 11.7 Å². The number of para-hydroxylation sites is 1. The highest BCUT2D eigenvalue weighted by Crippen LogP contribution is 2.35. The average Bonchev–Trinajstić information content (AvgIpc) is 3.45. The van der Waals surface area contributed by atoms with Gasteiger partial charge in [-0.3, -0.25) is 10.1 Å². The Morgan fingerprint density at radius 3 is 2.77 bits per heavy atom. The van der Waals surface area contributed by atoms with Crippen molar-refractivity contribution < 1.29 is 9.53 Å². The third-order valence-electron chi connectivity index (χ3n) is 5.35. The molecule has 3 aromatic rings. The molecule has 1 aliphatic rings. The van der Waals surface area contributed by atoms with Crippen LogP contribution < -0.4 is 10.1 Å². The van der Waals surface area contributed by atoms with Gasteiger partial charge in [0, 0.05) is 12.5 Å². The van der Waals surface area contributed by atoms with Gasteiger partial charge in [0.15, 0.2) is 11.0 Å². The number of aromatic nitrogens is 5. The van der Waals surface area contributed by atoms with E-state index in [2.05, 4.69) is 25.7 Å². The molecule has 164 valence electrons. The highest BCUT2D eigenvalue weighted by Gasteiger charge is 2.21. The summed E-state index contributed by atoms with van der Waals surface area (Å²) < 4.78 is 7.44. The van der Waals surface area contributed by atoms with Crippen molar-refractivity contribution in [2.24, 2.45) is 0 Å². The molecule has 2 heterocycles. The minimum Gasteiger partial charge on any atom is -0.496 e. The van der Waals surface area contributed by atoms with Crippen LogP contribution in [-0.4, -0.2) is 43.7 Å². The number of thioether (sulfide) groups is 1. The highest BCUT2D eigenvalue weighted by atomic mass is 32.2. The Bertz CT molecular complexity index is 1030. The minimum atomic E-state index is -0.124. The summed E-state index contributed by atoms with van der Waals surface area (Å²) in [5, 5.41) is 22.3. The van der Waals surface area contributed by atoms with Gasteiger partial charge in [0.25, 0.3) is 0 Å². The van der Waals surface area contributed by atoms with Crippen LogP contribution in [0, 0.1) is 0 Å². The van der Waals surface area contributed by atoms with Crippen molar-refractivity contribution >= 4 is 34.1 Å². The number of nitrogens with zero attached hydrogens (tertiary/aromatic N) is 5. The van der Waals surface area contributed by atoms with Crippen LogP contribution >= 0.6 is 23.1 Å². The Labute approximate surface area is 189 Å². The van der Waals surface area contributed by atoms with E-state index < -0.39 is 0 Å². The quantitative estimate of drug-likeness (QED) is 0.493. The molecule has 0 saturated heterocycles. The number of amides is 1. The van der Waals surface area contributed by atoms with Gasteiger partial charge in [0.1, 0.15) is 10.8 Å². The number of methoxy groups -OCH3 is 1. The molecule has 0 spiro atoms. The molecule has 10 heteroatoms. The standard InChI is InChI=1S/C21H26N6O2S2/c1-3-27-18(15-11-7-8-12-16(15)29-2)23-26-21(27)30-13-17(28)22-20-25-24-19(31-20)14-9-5-4-6-10-14/h7-8,11-12,14H,3-6,9-10,13H2,1-2H3,(H,22,25,28). The largest absolute Gasteiger partial charge is 0.496 e. The normalized spacial score (nSPS) is 14.5. The number of anilines is 1. The summed E-state index contributed by atoms with van der Waals surface area (Å²) in [5.74, 6) is 2.05. The lowest BCUT2D eigenvalue weighted by Gasteiger charge is -2.18. The monoisotopic (exact) mass is 458 g/mol. The van der Waals surface area contributed by atoms with Crippen molar-refractivity contribution in [3.63, 3.8) is 0 Å². The van der Waals surface area contributed by atoms with Crippen LogP contribution in [0.3, 0.4) is 0 Å². The molecule has 31 heavy (non-hydrogen) atoms. The zero-order chi connectivity index (χ0) is 21.6. The van der Waals surface area contributed by atoms with Crippen LogP contribution in [0.2, 0.25) is 0 Å². The minimum absolute atomic E-state index is 0.124. The van der Waals surface area contributed by atoms with E-state index in [0.29, 0.717) is 22.8 Å². The summed E-state index contributed by atoms with van der Waals surface area (Å²) in [6.07, 6.45) is 6.13. The van der Waals surface area contributed by atoms with Crippen molar-refractivity contribution in [1.82, 2.24) is 25.0 Å². The maximum absolute atomic E-state index is 12.5.